The molecule has 3 fully saturated rings. The number of nitrogens with zero attached hydrogens (tertiary/aromatic N) is 1. The summed E-state index contributed by atoms with van der Waals surface area (Å²) in [7, 11) is 0. The van der Waals surface area contributed by atoms with Crippen LogP contribution in [-0.4, -0.2) is 48.9 Å². The van der Waals surface area contributed by atoms with Gasteiger partial charge in [0.05, 0.1) is 0 Å². The Labute approximate surface area is 139 Å². The molecule has 0 saturated carbocycles. The van der Waals surface area contributed by atoms with Gasteiger partial charge in [-0.25, -0.2) is 4.79 Å². The van der Waals surface area contributed by atoms with E-state index in [2.05, 4.69) is 16.0 Å². The molecule has 4 rings (SSSR count). The highest BCUT2D eigenvalue weighted by atomic mass is 16.2. The number of urea groups is 1. The minimum Gasteiger partial charge on any atom is -0.338 e. The molecule has 0 radical (unpaired) electrons. The van der Waals surface area contributed by atoms with Gasteiger partial charge in [-0.3, -0.25) is 14.9 Å². The van der Waals surface area contributed by atoms with E-state index in [1.165, 1.54) is 0 Å². The van der Waals surface area contributed by atoms with Crippen LogP contribution in [0.1, 0.15) is 22.8 Å². The standard InChI is InChI=1S/C17H20N4O3/c1-17(15(23)19-16(24)20-17)13-4-2-10(3-5-13)14(22)21-8-11-6-18-7-12(11)9-21/h2-5,11-12,18H,6-9H2,1H3,(H2,19,20,23,24)/t11-,12+,17?. The molecule has 7 nitrogen and oxygen atoms in total. The van der Waals surface area contributed by atoms with Crippen LogP contribution in [0.25, 0.3) is 0 Å². The highest BCUT2D eigenvalue weighted by Crippen LogP contribution is 2.28. The summed E-state index contributed by atoms with van der Waals surface area (Å²) in [6, 6.07) is 6.42. The molecule has 3 aliphatic rings. The fourth-order valence-electron chi connectivity index (χ4n) is 3.90. The molecule has 3 saturated heterocycles. The van der Waals surface area contributed by atoms with Crippen LogP contribution in [0.15, 0.2) is 24.3 Å². The van der Waals surface area contributed by atoms with Gasteiger partial charge in [0, 0.05) is 31.7 Å². The van der Waals surface area contributed by atoms with Crippen LogP contribution in [0.4, 0.5) is 4.79 Å². The molecule has 0 spiro atoms. The zero-order valence-corrected chi connectivity index (χ0v) is 13.5. The Balaban J connectivity index is 1.51. The van der Waals surface area contributed by atoms with Crippen LogP contribution in [-0.2, 0) is 10.3 Å². The molecule has 3 aliphatic heterocycles. The number of carbonyl (C=O) groups excluding carboxylic acids is 3. The Hall–Kier alpha value is -2.41. The number of rotatable bonds is 2. The fraction of sp³-hybridized carbons (Fsp3) is 0.471. The lowest BCUT2D eigenvalue weighted by molar-refractivity contribution is -0.123. The third-order valence-electron chi connectivity index (χ3n) is 5.43. The molecule has 3 N–H and O–H groups in total. The maximum atomic E-state index is 12.7. The van der Waals surface area contributed by atoms with Crippen LogP contribution in [0.2, 0.25) is 0 Å². The lowest BCUT2D eigenvalue weighted by Gasteiger charge is -2.22. The van der Waals surface area contributed by atoms with Gasteiger partial charge in [-0.05, 0) is 36.5 Å². The van der Waals surface area contributed by atoms with Crippen molar-refractivity contribution < 1.29 is 14.4 Å². The number of nitrogens with one attached hydrogen (secondary N) is 3. The number of benzene rings is 1. The smallest absolute Gasteiger partial charge is 0.322 e. The van der Waals surface area contributed by atoms with Gasteiger partial charge in [0.1, 0.15) is 5.54 Å². The molecule has 1 unspecified atom stereocenters. The summed E-state index contributed by atoms with van der Waals surface area (Å²) >= 11 is 0. The minimum atomic E-state index is -1.09. The van der Waals surface area contributed by atoms with Crippen molar-refractivity contribution >= 4 is 17.8 Å². The number of hydrogen-bond acceptors (Lipinski definition) is 4. The van der Waals surface area contributed by atoms with E-state index in [4.69, 9.17) is 0 Å². The summed E-state index contributed by atoms with van der Waals surface area (Å²) in [4.78, 5) is 37.9. The van der Waals surface area contributed by atoms with Gasteiger partial charge in [-0.15, -0.1) is 0 Å². The number of carbonyl (C=O) groups is 3. The molecule has 24 heavy (non-hydrogen) atoms. The van der Waals surface area contributed by atoms with Gasteiger partial charge in [-0.2, -0.15) is 0 Å². The molecule has 3 heterocycles. The van der Waals surface area contributed by atoms with Crippen molar-refractivity contribution in [2.45, 2.75) is 12.5 Å². The van der Waals surface area contributed by atoms with Crippen molar-refractivity contribution in [2.75, 3.05) is 26.2 Å². The van der Waals surface area contributed by atoms with Crippen molar-refractivity contribution in [2.24, 2.45) is 11.8 Å². The Morgan fingerprint density at radius 3 is 2.29 bits per heavy atom. The van der Waals surface area contributed by atoms with E-state index in [0.717, 1.165) is 26.2 Å². The molecule has 7 heteroatoms. The summed E-state index contributed by atoms with van der Waals surface area (Å²) in [5.41, 5.74) is 0.180. The Morgan fingerprint density at radius 2 is 1.75 bits per heavy atom. The van der Waals surface area contributed by atoms with E-state index in [9.17, 15) is 14.4 Å². The Bertz CT molecular complexity index is 705. The normalized spacial score (nSPS) is 31.8. The van der Waals surface area contributed by atoms with E-state index in [-0.39, 0.29) is 11.8 Å². The van der Waals surface area contributed by atoms with E-state index >= 15 is 0 Å². The van der Waals surface area contributed by atoms with Gasteiger partial charge >= 0.3 is 6.03 Å². The second-order valence-corrected chi connectivity index (χ2v) is 7.00. The molecule has 0 aliphatic carbocycles. The zero-order valence-electron chi connectivity index (χ0n) is 13.5. The van der Waals surface area contributed by atoms with Gasteiger partial charge in [0.15, 0.2) is 0 Å². The molecule has 1 aromatic rings. The van der Waals surface area contributed by atoms with Crippen molar-refractivity contribution in [1.82, 2.24) is 20.9 Å². The predicted molar refractivity (Wildman–Crippen MR) is 86.2 cm³/mol. The number of amides is 4. The molecule has 126 valence electrons. The summed E-state index contributed by atoms with van der Waals surface area (Å²) in [5, 5.41) is 8.23. The monoisotopic (exact) mass is 328 g/mol. The van der Waals surface area contributed by atoms with Crippen LogP contribution in [0, 0.1) is 11.8 Å². The van der Waals surface area contributed by atoms with Crippen LogP contribution >= 0.6 is 0 Å². The van der Waals surface area contributed by atoms with Crippen molar-refractivity contribution in [3.05, 3.63) is 35.4 Å². The predicted octanol–water partition coefficient (Wildman–Crippen LogP) is 0.0326. The summed E-state index contributed by atoms with van der Waals surface area (Å²) in [6.45, 7) is 5.22. The lowest BCUT2D eigenvalue weighted by Crippen LogP contribution is -2.40. The highest BCUT2D eigenvalue weighted by Gasteiger charge is 2.43. The second-order valence-electron chi connectivity index (χ2n) is 7.00. The van der Waals surface area contributed by atoms with Gasteiger partial charge < -0.3 is 15.5 Å². The first-order chi connectivity index (χ1) is 11.5. The van der Waals surface area contributed by atoms with Crippen molar-refractivity contribution in [1.29, 1.82) is 0 Å². The molecule has 3 atom stereocenters. The minimum absolute atomic E-state index is 0.0287. The van der Waals surface area contributed by atoms with Crippen molar-refractivity contribution in [3.63, 3.8) is 0 Å². The third-order valence-corrected chi connectivity index (χ3v) is 5.43. The first kappa shape index (κ1) is 15.1. The summed E-state index contributed by atoms with van der Waals surface area (Å²) in [5.74, 6) is 0.765. The number of hydrogen-bond donors (Lipinski definition) is 3. The number of fused-ring (bicyclic) bond motifs is 1. The van der Waals surface area contributed by atoms with Gasteiger partial charge in [-0.1, -0.05) is 12.1 Å². The molecular formula is C17H20N4O3. The topological polar surface area (TPSA) is 90.5 Å². The fourth-order valence-corrected chi connectivity index (χ4v) is 3.90. The average molecular weight is 328 g/mol. The van der Waals surface area contributed by atoms with E-state index in [1.807, 2.05) is 4.90 Å². The largest absolute Gasteiger partial charge is 0.338 e. The molecule has 0 aromatic heterocycles. The van der Waals surface area contributed by atoms with E-state index < -0.39 is 11.6 Å². The van der Waals surface area contributed by atoms with Crippen LogP contribution in [0.5, 0.6) is 0 Å². The van der Waals surface area contributed by atoms with Crippen LogP contribution < -0.4 is 16.0 Å². The van der Waals surface area contributed by atoms with Gasteiger partial charge in [0.2, 0.25) is 0 Å². The maximum Gasteiger partial charge on any atom is 0.322 e. The van der Waals surface area contributed by atoms with Crippen LogP contribution in [0.3, 0.4) is 0 Å². The average Bonchev–Trinajstić information content (AvgIpc) is 3.21. The zero-order chi connectivity index (χ0) is 16.9. The third kappa shape index (κ3) is 2.27. The Morgan fingerprint density at radius 1 is 1.12 bits per heavy atom. The first-order valence-corrected chi connectivity index (χ1v) is 8.21. The summed E-state index contributed by atoms with van der Waals surface area (Å²) in [6.07, 6.45) is 0. The molecule has 1 aromatic carbocycles. The highest BCUT2D eigenvalue weighted by molar-refractivity contribution is 6.07. The van der Waals surface area contributed by atoms with Gasteiger partial charge in [0.25, 0.3) is 11.8 Å². The molecular weight excluding hydrogens is 308 g/mol. The molecule has 0 bridgehead atoms. The first-order valence-electron chi connectivity index (χ1n) is 8.21. The van der Waals surface area contributed by atoms with E-state index in [0.29, 0.717) is 23.0 Å². The molecule has 4 amide bonds. The summed E-state index contributed by atoms with van der Waals surface area (Å²) < 4.78 is 0. The maximum absolute atomic E-state index is 12.7. The lowest BCUT2D eigenvalue weighted by atomic mass is 9.91. The quantitative estimate of drug-likeness (QED) is 0.668. The number of likely N-dealkylation sites (tertiary alicyclic amines) is 1. The number of imide groups is 1. The SMILES string of the molecule is CC1(c2ccc(C(=O)N3C[C@H]4CNC[C@H]4C3)cc2)NC(=O)NC1=O. The Kier molecular flexibility index (Phi) is 3.35. The van der Waals surface area contributed by atoms with E-state index in [1.54, 1.807) is 31.2 Å². The van der Waals surface area contributed by atoms with Crippen molar-refractivity contribution in [3.8, 4) is 0 Å². The second kappa shape index (κ2) is 5.31.